The average molecular weight is 220 g/mol. The molecule has 0 aromatic carbocycles. The summed E-state index contributed by atoms with van der Waals surface area (Å²) >= 11 is 0. The van der Waals surface area contributed by atoms with Gasteiger partial charge in [-0.05, 0) is 39.1 Å². The van der Waals surface area contributed by atoms with Crippen molar-refractivity contribution in [3.05, 3.63) is 17.8 Å². The summed E-state index contributed by atoms with van der Waals surface area (Å²) in [5, 5.41) is 0. The van der Waals surface area contributed by atoms with Gasteiger partial charge in [0.1, 0.15) is 5.82 Å². The van der Waals surface area contributed by atoms with E-state index in [9.17, 15) is 0 Å². The van der Waals surface area contributed by atoms with Crippen LogP contribution in [-0.2, 0) is 0 Å². The minimum absolute atomic E-state index is 0.638. The monoisotopic (exact) mass is 220 g/mol. The number of hydrogen-bond acceptors (Lipinski definition) is 4. The third kappa shape index (κ3) is 2.11. The number of aromatic nitrogens is 1. The van der Waals surface area contributed by atoms with E-state index in [2.05, 4.69) is 35.8 Å². The molecule has 1 saturated heterocycles. The normalized spacial score (nSPS) is 20.8. The van der Waals surface area contributed by atoms with E-state index in [4.69, 9.17) is 5.73 Å². The molecule has 88 valence electrons. The average Bonchev–Trinajstić information content (AvgIpc) is 2.66. The lowest BCUT2D eigenvalue weighted by atomic mass is 10.2. The van der Waals surface area contributed by atoms with Crippen LogP contribution in [0.5, 0.6) is 0 Å². The maximum Gasteiger partial charge on any atom is 0.131 e. The van der Waals surface area contributed by atoms with E-state index in [-0.39, 0.29) is 0 Å². The van der Waals surface area contributed by atoms with Crippen LogP contribution in [0.4, 0.5) is 11.5 Å². The van der Waals surface area contributed by atoms with Gasteiger partial charge < -0.3 is 15.5 Å². The van der Waals surface area contributed by atoms with Crippen LogP contribution in [0.2, 0.25) is 0 Å². The summed E-state index contributed by atoms with van der Waals surface area (Å²) in [5.74, 6) is 1.08. The van der Waals surface area contributed by atoms with Gasteiger partial charge in [-0.3, -0.25) is 0 Å². The second-order valence-corrected chi connectivity index (χ2v) is 4.76. The molecule has 1 aliphatic heterocycles. The van der Waals surface area contributed by atoms with Crippen molar-refractivity contribution in [1.29, 1.82) is 0 Å². The minimum atomic E-state index is 0.638. The summed E-state index contributed by atoms with van der Waals surface area (Å²) in [6.07, 6.45) is 2.95. The number of anilines is 2. The molecule has 2 N–H and O–H groups in total. The molecule has 0 aliphatic carbocycles. The number of rotatable bonds is 2. The van der Waals surface area contributed by atoms with Crippen LogP contribution in [0.3, 0.4) is 0 Å². The lowest BCUT2D eigenvalue weighted by molar-refractivity contribution is 0.315. The zero-order valence-electron chi connectivity index (χ0n) is 10.3. The molecule has 4 heteroatoms. The molecule has 4 nitrogen and oxygen atoms in total. The van der Waals surface area contributed by atoms with E-state index < -0.39 is 0 Å². The van der Waals surface area contributed by atoms with Crippen LogP contribution in [0.15, 0.2) is 12.3 Å². The number of nitrogen functional groups attached to an aromatic ring is 1. The van der Waals surface area contributed by atoms with Gasteiger partial charge >= 0.3 is 0 Å². The Morgan fingerprint density at radius 2 is 2.25 bits per heavy atom. The Bertz CT molecular complexity index is 375. The lowest BCUT2D eigenvalue weighted by Gasteiger charge is -2.22. The van der Waals surface area contributed by atoms with Crippen molar-refractivity contribution in [2.45, 2.75) is 19.4 Å². The first kappa shape index (κ1) is 11.2. The second kappa shape index (κ2) is 4.29. The van der Waals surface area contributed by atoms with Gasteiger partial charge in [0, 0.05) is 19.1 Å². The van der Waals surface area contributed by atoms with Crippen molar-refractivity contribution >= 4 is 11.5 Å². The summed E-state index contributed by atoms with van der Waals surface area (Å²) in [6, 6.07) is 2.63. The van der Waals surface area contributed by atoms with Crippen LogP contribution >= 0.6 is 0 Å². The Kier molecular flexibility index (Phi) is 3.01. The minimum Gasteiger partial charge on any atom is -0.397 e. The molecule has 16 heavy (non-hydrogen) atoms. The molecule has 1 aromatic rings. The van der Waals surface area contributed by atoms with Crippen molar-refractivity contribution in [3.63, 3.8) is 0 Å². The molecular formula is C12H20N4. The second-order valence-electron chi connectivity index (χ2n) is 4.76. The van der Waals surface area contributed by atoms with Gasteiger partial charge in [0.05, 0.1) is 11.9 Å². The fourth-order valence-corrected chi connectivity index (χ4v) is 2.28. The van der Waals surface area contributed by atoms with Crippen molar-refractivity contribution in [2.75, 3.05) is 37.8 Å². The van der Waals surface area contributed by atoms with Gasteiger partial charge in [-0.1, -0.05) is 0 Å². The van der Waals surface area contributed by atoms with Crippen molar-refractivity contribution in [3.8, 4) is 0 Å². The molecule has 0 amide bonds. The predicted octanol–water partition coefficient (Wildman–Crippen LogP) is 1.11. The SMILES string of the molecule is Cc1cc(N)cnc1N1CCC(N(C)C)C1. The van der Waals surface area contributed by atoms with Gasteiger partial charge in [0.25, 0.3) is 0 Å². The molecule has 2 heterocycles. The van der Waals surface area contributed by atoms with Crippen LogP contribution < -0.4 is 10.6 Å². The van der Waals surface area contributed by atoms with Gasteiger partial charge in [-0.15, -0.1) is 0 Å². The zero-order valence-corrected chi connectivity index (χ0v) is 10.3. The fourth-order valence-electron chi connectivity index (χ4n) is 2.28. The van der Waals surface area contributed by atoms with Crippen LogP contribution in [0.1, 0.15) is 12.0 Å². The number of aryl methyl sites for hydroxylation is 1. The quantitative estimate of drug-likeness (QED) is 0.811. The van der Waals surface area contributed by atoms with Crippen LogP contribution in [-0.4, -0.2) is 43.1 Å². The van der Waals surface area contributed by atoms with E-state index in [1.807, 2.05) is 6.07 Å². The van der Waals surface area contributed by atoms with E-state index >= 15 is 0 Å². The van der Waals surface area contributed by atoms with Crippen LogP contribution in [0.25, 0.3) is 0 Å². The predicted molar refractivity (Wildman–Crippen MR) is 67.7 cm³/mol. The Labute approximate surface area is 97.1 Å². The molecule has 0 bridgehead atoms. The lowest BCUT2D eigenvalue weighted by Crippen LogP contribution is -2.32. The largest absolute Gasteiger partial charge is 0.397 e. The highest BCUT2D eigenvalue weighted by Crippen LogP contribution is 2.24. The molecule has 0 saturated carbocycles. The molecule has 1 aromatic heterocycles. The number of nitrogens with two attached hydrogens (primary N) is 1. The number of pyridine rings is 1. The van der Waals surface area contributed by atoms with Gasteiger partial charge in [-0.25, -0.2) is 4.98 Å². The van der Waals surface area contributed by atoms with E-state index in [1.165, 1.54) is 12.0 Å². The smallest absolute Gasteiger partial charge is 0.131 e. The van der Waals surface area contributed by atoms with Crippen LogP contribution in [0, 0.1) is 6.92 Å². The first-order valence-electron chi connectivity index (χ1n) is 5.71. The molecule has 1 aliphatic rings. The number of likely N-dealkylation sites (N-methyl/N-ethyl adjacent to an activating group) is 1. The van der Waals surface area contributed by atoms with E-state index in [0.29, 0.717) is 6.04 Å². The summed E-state index contributed by atoms with van der Waals surface area (Å²) in [7, 11) is 4.27. The van der Waals surface area contributed by atoms with Gasteiger partial charge in [0.2, 0.25) is 0 Å². The Morgan fingerprint density at radius 3 is 2.81 bits per heavy atom. The first-order valence-corrected chi connectivity index (χ1v) is 5.71. The molecule has 0 spiro atoms. The summed E-state index contributed by atoms with van der Waals surface area (Å²) < 4.78 is 0. The van der Waals surface area contributed by atoms with Crippen molar-refractivity contribution < 1.29 is 0 Å². The molecule has 2 rings (SSSR count). The highest BCUT2D eigenvalue weighted by molar-refractivity contribution is 5.53. The van der Waals surface area contributed by atoms with Gasteiger partial charge in [-0.2, -0.15) is 0 Å². The summed E-state index contributed by atoms with van der Waals surface area (Å²) in [5.41, 5.74) is 7.62. The van der Waals surface area contributed by atoms with Gasteiger partial charge in [0.15, 0.2) is 0 Å². The summed E-state index contributed by atoms with van der Waals surface area (Å²) in [4.78, 5) is 9.07. The molecular weight excluding hydrogens is 200 g/mol. The highest BCUT2D eigenvalue weighted by Gasteiger charge is 2.25. The number of hydrogen-bond donors (Lipinski definition) is 1. The number of nitrogens with zero attached hydrogens (tertiary/aromatic N) is 3. The topological polar surface area (TPSA) is 45.4 Å². The zero-order chi connectivity index (χ0) is 11.7. The first-order chi connectivity index (χ1) is 7.58. The fraction of sp³-hybridized carbons (Fsp3) is 0.583. The Morgan fingerprint density at radius 1 is 1.50 bits per heavy atom. The molecule has 0 radical (unpaired) electrons. The van der Waals surface area contributed by atoms with Crippen molar-refractivity contribution in [2.24, 2.45) is 0 Å². The maximum atomic E-state index is 5.71. The van der Waals surface area contributed by atoms with Crippen molar-refractivity contribution in [1.82, 2.24) is 9.88 Å². The standard InChI is InChI=1S/C12H20N4/c1-9-6-10(13)7-14-12(9)16-5-4-11(8-16)15(2)3/h6-7,11H,4-5,8,13H2,1-3H3. The maximum absolute atomic E-state index is 5.71. The third-order valence-corrected chi connectivity index (χ3v) is 3.26. The molecule has 1 atom stereocenters. The molecule has 1 fully saturated rings. The highest BCUT2D eigenvalue weighted by atomic mass is 15.3. The Balaban J connectivity index is 2.14. The Hall–Kier alpha value is -1.29. The van der Waals surface area contributed by atoms with E-state index in [0.717, 1.165) is 24.6 Å². The van der Waals surface area contributed by atoms with E-state index in [1.54, 1.807) is 6.20 Å². The third-order valence-electron chi connectivity index (χ3n) is 3.26. The summed E-state index contributed by atoms with van der Waals surface area (Å²) in [6.45, 7) is 4.22. The molecule has 1 unspecified atom stereocenters.